The van der Waals surface area contributed by atoms with Gasteiger partial charge < -0.3 is 14.9 Å². The molecule has 0 aliphatic carbocycles. The van der Waals surface area contributed by atoms with Crippen LogP contribution in [-0.2, 0) is 9.63 Å². The van der Waals surface area contributed by atoms with Gasteiger partial charge in [-0.25, -0.2) is 4.98 Å². The maximum atomic E-state index is 12.7. The van der Waals surface area contributed by atoms with Crippen LogP contribution in [0, 0.1) is 6.92 Å². The number of anilines is 1. The van der Waals surface area contributed by atoms with Crippen molar-refractivity contribution in [1.82, 2.24) is 4.98 Å². The average molecular weight is 444 g/mol. The van der Waals surface area contributed by atoms with Crippen LogP contribution < -0.4 is 10.1 Å². The predicted molar refractivity (Wildman–Crippen MR) is 127 cm³/mol. The number of nitrogens with one attached hydrogen (secondary N) is 1. The highest BCUT2D eigenvalue weighted by molar-refractivity contribution is 7.21. The zero-order chi connectivity index (χ0) is 22.1. The third-order valence-corrected chi connectivity index (χ3v) is 6.40. The molecule has 7 heteroatoms. The molecule has 0 radical (unpaired) electrons. The molecule has 1 aliphatic rings. The second-order valence-corrected chi connectivity index (χ2v) is 8.65. The molecule has 3 aromatic carbocycles. The summed E-state index contributed by atoms with van der Waals surface area (Å²) in [4.78, 5) is 22.8. The van der Waals surface area contributed by atoms with E-state index >= 15 is 0 Å². The summed E-state index contributed by atoms with van der Waals surface area (Å²) >= 11 is 1.66. The van der Waals surface area contributed by atoms with E-state index in [2.05, 4.69) is 29.5 Å². The molecule has 0 spiro atoms. The number of benzene rings is 3. The summed E-state index contributed by atoms with van der Waals surface area (Å²) < 4.78 is 6.35. The highest BCUT2D eigenvalue weighted by atomic mass is 32.1. The molecule has 1 aromatic heterocycles. The van der Waals surface area contributed by atoms with Crippen molar-refractivity contribution in [3.05, 3.63) is 77.9 Å². The first-order valence-electron chi connectivity index (χ1n) is 10.2. The molecular weight excluding hydrogens is 422 g/mol. The number of carbonyl (C=O) groups excluding carboxylic acids is 1. The number of rotatable bonds is 5. The molecule has 1 atom stereocenters. The monoisotopic (exact) mass is 443 g/mol. The summed E-state index contributed by atoms with van der Waals surface area (Å²) in [6.07, 6.45) is -0.235. The maximum absolute atomic E-state index is 12.7. The van der Waals surface area contributed by atoms with Crippen molar-refractivity contribution in [2.45, 2.75) is 19.4 Å². The van der Waals surface area contributed by atoms with E-state index in [1.807, 2.05) is 54.6 Å². The SMILES string of the molecule is COc1ccc(C2=NOC(C(=O)Nc3ccc(-c4nc5ccc(C)cc5s4)cc3)C2)cc1. The molecule has 2 heterocycles. The number of nitrogens with zero attached hydrogens (tertiary/aromatic N) is 2. The summed E-state index contributed by atoms with van der Waals surface area (Å²) in [5.74, 6) is 0.549. The van der Waals surface area contributed by atoms with Crippen LogP contribution in [0.15, 0.2) is 71.9 Å². The first-order valence-corrected chi connectivity index (χ1v) is 11.1. The van der Waals surface area contributed by atoms with Crippen LogP contribution in [0.3, 0.4) is 0 Å². The number of aryl methyl sites for hydroxylation is 1. The fraction of sp³-hybridized carbons (Fsp3) is 0.160. The molecule has 4 aromatic rings. The van der Waals surface area contributed by atoms with Crippen molar-refractivity contribution in [3.8, 4) is 16.3 Å². The minimum Gasteiger partial charge on any atom is -0.497 e. The van der Waals surface area contributed by atoms with Gasteiger partial charge in [0.05, 0.1) is 23.0 Å². The normalized spacial score (nSPS) is 15.3. The zero-order valence-electron chi connectivity index (χ0n) is 17.7. The minimum atomic E-state index is -0.653. The first-order chi connectivity index (χ1) is 15.6. The van der Waals surface area contributed by atoms with Crippen LogP contribution >= 0.6 is 11.3 Å². The molecule has 32 heavy (non-hydrogen) atoms. The summed E-state index contributed by atoms with van der Waals surface area (Å²) in [5, 5.41) is 7.97. The number of oxime groups is 1. The molecule has 0 fully saturated rings. The molecule has 0 bridgehead atoms. The summed E-state index contributed by atoms with van der Waals surface area (Å²) in [5.41, 5.74) is 5.60. The minimum absolute atomic E-state index is 0.222. The molecule has 0 saturated heterocycles. The van der Waals surface area contributed by atoms with E-state index in [-0.39, 0.29) is 5.91 Å². The first kappa shape index (κ1) is 20.2. The van der Waals surface area contributed by atoms with Crippen LogP contribution in [0.1, 0.15) is 17.5 Å². The Labute approximate surface area is 189 Å². The fourth-order valence-electron chi connectivity index (χ4n) is 3.55. The van der Waals surface area contributed by atoms with E-state index in [9.17, 15) is 4.79 Å². The van der Waals surface area contributed by atoms with Crippen LogP contribution in [0.5, 0.6) is 5.75 Å². The van der Waals surface area contributed by atoms with Crippen molar-refractivity contribution < 1.29 is 14.4 Å². The Hall–Kier alpha value is -3.71. The number of hydrogen-bond acceptors (Lipinski definition) is 6. The average Bonchev–Trinajstić information content (AvgIpc) is 3.47. The summed E-state index contributed by atoms with van der Waals surface area (Å²) in [6.45, 7) is 2.08. The van der Waals surface area contributed by atoms with Gasteiger partial charge in [-0.05, 0) is 78.7 Å². The molecule has 1 amide bonds. The summed E-state index contributed by atoms with van der Waals surface area (Å²) in [6, 6.07) is 21.5. The number of fused-ring (bicyclic) bond motifs is 1. The molecule has 1 N–H and O–H groups in total. The molecular formula is C25H21N3O3S. The van der Waals surface area contributed by atoms with Crippen molar-refractivity contribution in [1.29, 1.82) is 0 Å². The van der Waals surface area contributed by atoms with Crippen molar-refractivity contribution in [2.24, 2.45) is 5.16 Å². The number of carbonyl (C=O) groups is 1. The number of hydrogen-bond donors (Lipinski definition) is 1. The van der Waals surface area contributed by atoms with E-state index in [1.165, 1.54) is 10.3 Å². The molecule has 1 unspecified atom stereocenters. The Morgan fingerprint density at radius 3 is 2.56 bits per heavy atom. The Kier molecular flexibility index (Phi) is 5.33. The lowest BCUT2D eigenvalue weighted by Crippen LogP contribution is -2.28. The van der Waals surface area contributed by atoms with E-state index in [1.54, 1.807) is 18.4 Å². The number of aromatic nitrogens is 1. The lowest BCUT2D eigenvalue weighted by molar-refractivity contribution is -0.125. The van der Waals surface area contributed by atoms with Gasteiger partial charge in [-0.1, -0.05) is 11.2 Å². The standard InChI is InChI=1S/C25H21N3O3S/c1-15-3-12-20-23(13-15)32-25(27-20)17-4-8-18(9-5-17)26-24(29)22-14-21(28-31-22)16-6-10-19(30-2)11-7-16/h3-13,22H,14H2,1-2H3,(H,26,29). The van der Waals surface area contributed by atoms with Gasteiger partial charge in [-0.2, -0.15) is 0 Å². The van der Waals surface area contributed by atoms with Crippen molar-refractivity contribution >= 4 is 38.9 Å². The van der Waals surface area contributed by atoms with Gasteiger partial charge in [0.1, 0.15) is 10.8 Å². The van der Waals surface area contributed by atoms with Gasteiger partial charge in [0.15, 0.2) is 0 Å². The van der Waals surface area contributed by atoms with Crippen molar-refractivity contribution in [3.63, 3.8) is 0 Å². The predicted octanol–water partition coefficient (Wildman–Crippen LogP) is 5.41. The number of amides is 1. The van der Waals surface area contributed by atoms with Crippen LogP contribution in [0.2, 0.25) is 0 Å². The third-order valence-electron chi connectivity index (χ3n) is 5.33. The van der Waals surface area contributed by atoms with Gasteiger partial charge in [-0.3, -0.25) is 4.79 Å². The lowest BCUT2D eigenvalue weighted by Gasteiger charge is -2.10. The molecule has 5 rings (SSSR count). The molecule has 6 nitrogen and oxygen atoms in total. The Morgan fingerprint density at radius 2 is 1.81 bits per heavy atom. The second-order valence-electron chi connectivity index (χ2n) is 7.62. The molecule has 1 aliphatic heterocycles. The zero-order valence-corrected chi connectivity index (χ0v) is 18.5. The van der Waals surface area contributed by atoms with Gasteiger partial charge in [0.2, 0.25) is 6.10 Å². The number of methoxy groups -OCH3 is 1. The van der Waals surface area contributed by atoms with E-state index in [0.29, 0.717) is 12.1 Å². The quantitative estimate of drug-likeness (QED) is 0.447. The maximum Gasteiger partial charge on any atom is 0.268 e. The molecule has 160 valence electrons. The largest absolute Gasteiger partial charge is 0.497 e. The van der Waals surface area contributed by atoms with Crippen LogP contribution in [0.25, 0.3) is 20.8 Å². The lowest BCUT2D eigenvalue weighted by atomic mass is 10.0. The fourth-order valence-corrected chi connectivity index (χ4v) is 4.62. The van der Waals surface area contributed by atoms with Gasteiger partial charge in [0.25, 0.3) is 5.91 Å². The number of ether oxygens (including phenoxy) is 1. The number of thiazole rings is 1. The summed E-state index contributed by atoms with van der Waals surface area (Å²) in [7, 11) is 1.62. The Balaban J connectivity index is 1.23. The smallest absolute Gasteiger partial charge is 0.268 e. The van der Waals surface area contributed by atoms with Crippen molar-refractivity contribution in [2.75, 3.05) is 12.4 Å². The van der Waals surface area contributed by atoms with E-state index in [0.717, 1.165) is 33.1 Å². The van der Waals surface area contributed by atoms with Crippen LogP contribution in [0.4, 0.5) is 5.69 Å². The highest BCUT2D eigenvalue weighted by Crippen LogP contribution is 2.31. The highest BCUT2D eigenvalue weighted by Gasteiger charge is 2.29. The van der Waals surface area contributed by atoms with Gasteiger partial charge in [-0.15, -0.1) is 11.3 Å². The second kappa shape index (κ2) is 8.43. The van der Waals surface area contributed by atoms with Gasteiger partial charge in [0, 0.05) is 17.7 Å². The Bertz CT molecular complexity index is 1310. The Morgan fingerprint density at radius 1 is 1.06 bits per heavy atom. The van der Waals surface area contributed by atoms with Gasteiger partial charge >= 0.3 is 0 Å². The van der Waals surface area contributed by atoms with E-state index in [4.69, 9.17) is 14.6 Å². The van der Waals surface area contributed by atoms with E-state index < -0.39 is 6.10 Å². The van der Waals surface area contributed by atoms with Crippen LogP contribution in [-0.4, -0.2) is 29.8 Å². The topological polar surface area (TPSA) is 72.8 Å². The third kappa shape index (κ3) is 4.07. The molecule has 0 saturated carbocycles.